The zero-order valence-corrected chi connectivity index (χ0v) is 26.5. The van der Waals surface area contributed by atoms with Crippen molar-refractivity contribution in [1.82, 2.24) is 34.6 Å². The molecule has 240 valence electrons. The van der Waals surface area contributed by atoms with Crippen LogP contribution in [0.4, 0.5) is 19.0 Å². The van der Waals surface area contributed by atoms with E-state index in [2.05, 4.69) is 60.5 Å². The second-order valence-electron chi connectivity index (χ2n) is 12.1. The number of H-pyrrole nitrogens is 1. The number of aromatic amines is 1. The molecule has 1 fully saturated rings. The van der Waals surface area contributed by atoms with E-state index in [1.807, 2.05) is 28.8 Å². The number of alkyl halides is 3. The SMILES string of the molecule is Cc1c(CN2CCC(Nc3ncnc4sc(CC(F)(F)F)cc34)CC2)ccc2c1cc(C#N)n2Cc1cc(Cc2ccncc2)n[nH]1. The van der Waals surface area contributed by atoms with Crippen molar-refractivity contribution in [2.24, 2.45) is 0 Å². The largest absolute Gasteiger partial charge is 0.393 e. The molecule has 0 unspecified atom stereocenters. The Kier molecular flexibility index (Phi) is 8.38. The van der Waals surface area contributed by atoms with Gasteiger partial charge in [-0.2, -0.15) is 23.5 Å². The molecular formula is C34H32F3N9S. The number of hydrogen-bond acceptors (Lipinski definition) is 8. The first-order valence-corrected chi connectivity index (χ1v) is 16.3. The number of benzene rings is 1. The summed E-state index contributed by atoms with van der Waals surface area (Å²) in [5.74, 6) is 0.595. The van der Waals surface area contributed by atoms with Gasteiger partial charge in [0.1, 0.15) is 28.7 Å². The van der Waals surface area contributed by atoms with Crippen LogP contribution in [0, 0.1) is 18.3 Å². The zero-order chi connectivity index (χ0) is 32.5. The first-order valence-electron chi connectivity index (χ1n) is 15.5. The number of hydrogen-bond donors (Lipinski definition) is 2. The molecule has 9 nitrogen and oxygen atoms in total. The van der Waals surface area contributed by atoms with Gasteiger partial charge in [-0.3, -0.25) is 15.0 Å². The number of nitriles is 1. The Labute approximate surface area is 273 Å². The molecule has 1 aliphatic heterocycles. The minimum atomic E-state index is -4.26. The summed E-state index contributed by atoms with van der Waals surface area (Å²) < 4.78 is 40.9. The van der Waals surface area contributed by atoms with E-state index in [1.54, 1.807) is 18.5 Å². The van der Waals surface area contributed by atoms with Gasteiger partial charge in [0.15, 0.2) is 0 Å². The number of anilines is 1. The van der Waals surface area contributed by atoms with E-state index in [1.165, 1.54) is 11.9 Å². The van der Waals surface area contributed by atoms with Gasteiger partial charge in [0.25, 0.3) is 0 Å². The summed E-state index contributed by atoms with van der Waals surface area (Å²) in [5, 5.41) is 22.8. The maximum atomic E-state index is 12.9. The lowest BCUT2D eigenvalue weighted by Gasteiger charge is -2.33. The van der Waals surface area contributed by atoms with Crippen LogP contribution in [0.1, 0.15) is 51.5 Å². The monoisotopic (exact) mass is 655 g/mol. The summed E-state index contributed by atoms with van der Waals surface area (Å²) in [6.07, 6.45) is 2.22. The maximum Gasteiger partial charge on any atom is 0.393 e. The summed E-state index contributed by atoms with van der Waals surface area (Å²) in [4.78, 5) is 15.8. The van der Waals surface area contributed by atoms with Crippen molar-refractivity contribution in [3.05, 3.63) is 99.8 Å². The van der Waals surface area contributed by atoms with Gasteiger partial charge in [0.05, 0.1) is 29.7 Å². The van der Waals surface area contributed by atoms with Gasteiger partial charge in [0, 0.05) is 60.3 Å². The highest BCUT2D eigenvalue weighted by Gasteiger charge is 2.29. The van der Waals surface area contributed by atoms with E-state index >= 15 is 0 Å². The van der Waals surface area contributed by atoms with Crippen LogP contribution in [-0.2, 0) is 25.9 Å². The predicted molar refractivity (Wildman–Crippen MR) is 175 cm³/mol. The van der Waals surface area contributed by atoms with Crippen LogP contribution >= 0.6 is 11.3 Å². The summed E-state index contributed by atoms with van der Waals surface area (Å²) in [7, 11) is 0. The smallest absolute Gasteiger partial charge is 0.367 e. The van der Waals surface area contributed by atoms with Crippen LogP contribution in [0.5, 0.6) is 0 Å². The highest BCUT2D eigenvalue weighted by Crippen LogP contribution is 2.33. The second-order valence-corrected chi connectivity index (χ2v) is 13.2. The number of piperidine rings is 1. The molecular weight excluding hydrogens is 623 g/mol. The van der Waals surface area contributed by atoms with Gasteiger partial charge in [-0.05, 0) is 72.9 Å². The van der Waals surface area contributed by atoms with Crippen LogP contribution in [0.2, 0.25) is 0 Å². The number of halogens is 3. The Morgan fingerprint density at radius 3 is 2.62 bits per heavy atom. The average molecular weight is 656 g/mol. The average Bonchev–Trinajstić information content (AvgIpc) is 3.77. The number of nitrogens with zero attached hydrogens (tertiary/aromatic N) is 7. The molecule has 0 spiro atoms. The highest BCUT2D eigenvalue weighted by molar-refractivity contribution is 7.18. The molecule has 6 aromatic rings. The summed E-state index contributed by atoms with van der Waals surface area (Å²) in [6, 6.07) is 16.3. The lowest BCUT2D eigenvalue weighted by Crippen LogP contribution is -2.39. The number of aromatic nitrogens is 6. The summed E-state index contributed by atoms with van der Waals surface area (Å²) in [5.41, 5.74) is 7.01. The fraction of sp³-hybridized carbons (Fsp3) is 0.324. The molecule has 5 aromatic heterocycles. The normalized spacial score (nSPS) is 14.6. The van der Waals surface area contributed by atoms with Gasteiger partial charge < -0.3 is 9.88 Å². The molecule has 0 atom stereocenters. The number of pyridine rings is 1. The van der Waals surface area contributed by atoms with Crippen molar-refractivity contribution in [2.45, 2.75) is 57.9 Å². The first kappa shape index (κ1) is 30.8. The number of fused-ring (bicyclic) bond motifs is 2. The number of likely N-dealkylation sites (tertiary alicyclic amines) is 1. The standard InChI is InChI=1S/C34H32F3N9S/c1-21-23(18-45-10-6-24(7-11-45)42-32-30-15-28(16-34(35,36)37)47-33(30)41-20-40-32)2-3-31-29(21)14-27(17-38)46(31)19-26-13-25(43-44-26)12-22-4-8-39-9-5-22/h2-5,8-9,13-15,20,24H,6-7,10-12,16,18-19H2,1H3,(H,43,44)(H,40,41,42). The molecule has 1 aliphatic rings. The molecule has 2 N–H and O–H groups in total. The molecule has 0 bridgehead atoms. The zero-order valence-electron chi connectivity index (χ0n) is 25.7. The number of nitrogens with one attached hydrogen (secondary N) is 2. The minimum absolute atomic E-state index is 0.166. The first-order chi connectivity index (χ1) is 22.7. The molecule has 0 amide bonds. The van der Waals surface area contributed by atoms with Crippen molar-refractivity contribution in [1.29, 1.82) is 5.26 Å². The van der Waals surface area contributed by atoms with Crippen molar-refractivity contribution in [3.8, 4) is 6.07 Å². The molecule has 7 rings (SSSR count). The second kappa shape index (κ2) is 12.8. The summed E-state index contributed by atoms with van der Waals surface area (Å²) >= 11 is 1.06. The Morgan fingerprint density at radius 1 is 1.04 bits per heavy atom. The molecule has 0 radical (unpaired) electrons. The van der Waals surface area contributed by atoms with E-state index in [0.717, 1.165) is 77.2 Å². The third-order valence-corrected chi connectivity index (χ3v) is 9.85. The third-order valence-electron chi connectivity index (χ3n) is 8.81. The molecule has 1 saturated heterocycles. The van der Waals surface area contributed by atoms with E-state index in [9.17, 15) is 18.4 Å². The molecule has 1 aromatic carbocycles. The van der Waals surface area contributed by atoms with E-state index in [0.29, 0.717) is 34.7 Å². The number of thiophene rings is 1. The lowest BCUT2D eigenvalue weighted by molar-refractivity contribution is -0.126. The maximum absolute atomic E-state index is 12.9. The minimum Gasteiger partial charge on any atom is -0.367 e. The van der Waals surface area contributed by atoms with Crippen LogP contribution < -0.4 is 5.32 Å². The van der Waals surface area contributed by atoms with Crippen molar-refractivity contribution < 1.29 is 13.2 Å². The Bertz CT molecular complexity index is 2070. The topological polar surface area (TPSA) is 111 Å². The van der Waals surface area contributed by atoms with Gasteiger partial charge in [0.2, 0.25) is 0 Å². The van der Waals surface area contributed by atoms with E-state index < -0.39 is 12.6 Å². The molecule has 13 heteroatoms. The van der Waals surface area contributed by atoms with Crippen molar-refractivity contribution >= 4 is 38.3 Å². The van der Waals surface area contributed by atoms with Crippen molar-refractivity contribution in [3.63, 3.8) is 0 Å². The van der Waals surface area contributed by atoms with E-state index in [-0.39, 0.29) is 10.9 Å². The predicted octanol–water partition coefficient (Wildman–Crippen LogP) is 6.76. The Balaban J connectivity index is 1.00. The fourth-order valence-electron chi connectivity index (χ4n) is 6.39. The Morgan fingerprint density at radius 2 is 1.85 bits per heavy atom. The molecule has 0 saturated carbocycles. The van der Waals surface area contributed by atoms with Crippen LogP contribution in [0.25, 0.3) is 21.1 Å². The van der Waals surface area contributed by atoms with Crippen LogP contribution in [0.15, 0.2) is 61.2 Å². The fourth-order valence-corrected chi connectivity index (χ4v) is 7.42. The van der Waals surface area contributed by atoms with Crippen molar-refractivity contribution in [2.75, 3.05) is 18.4 Å². The third kappa shape index (κ3) is 6.84. The van der Waals surface area contributed by atoms with Gasteiger partial charge in [-0.1, -0.05) is 6.07 Å². The molecule has 0 aliphatic carbocycles. The molecule has 47 heavy (non-hydrogen) atoms. The molecule has 6 heterocycles. The van der Waals surface area contributed by atoms with E-state index in [4.69, 9.17) is 0 Å². The Hall–Kier alpha value is -4.80. The van der Waals surface area contributed by atoms with Gasteiger partial charge in [-0.15, -0.1) is 11.3 Å². The number of aryl methyl sites for hydroxylation is 1. The van der Waals surface area contributed by atoms with Gasteiger partial charge >= 0.3 is 6.18 Å². The quantitative estimate of drug-likeness (QED) is 0.177. The van der Waals surface area contributed by atoms with Gasteiger partial charge in [-0.25, -0.2) is 9.97 Å². The lowest BCUT2D eigenvalue weighted by atomic mass is 10.0. The summed E-state index contributed by atoms with van der Waals surface area (Å²) in [6.45, 7) is 5.18. The van der Waals surface area contributed by atoms with Crippen LogP contribution in [-0.4, -0.2) is 59.9 Å². The highest BCUT2D eigenvalue weighted by atomic mass is 32.1. The van der Waals surface area contributed by atoms with Crippen LogP contribution in [0.3, 0.4) is 0 Å². The number of rotatable bonds is 9.